The van der Waals surface area contributed by atoms with E-state index < -0.39 is 0 Å². The van der Waals surface area contributed by atoms with E-state index in [2.05, 4.69) is 32.8 Å². The van der Waals surface area contributed by atoms with E-state index in [1.807, 2.05) is 4.68 Å². The van der Waals surface area contributed by atoms with Crippen molar-refractivity contribution in [3.05, 3.63) is 11.9 Å². The molecule has 2 aliphatic rings. The van der Waals surface area contributed by atoms with Crippen LogP contribution in [0.3, 0.4) is 0 Å². The number of hydrogen-bond acceptors (Lipinski definition) is 5. The number of carbonyl (C=O) groups is 1. The van der Waals surface area contributed by atoms with E-state index in [0.717, 1.165) is 51.2 Å². The number of halogens is 2. The number of carbonyl (C=O) groups excluding carboxylic acids is 1. The summed E-state index contributed by atoms with van der Waals surface area (Å²) in [7, 11) is 0. The molecule has 0 spiro atoms. The molecule has 0 radical (unpaired) electrons. The van der Waals surface area contributed by atoms with E-state index in [9.17, 15) is 4.79 Å². The average Bonchev–Trinajstić information content (AvgIpc) is 3.12. The summed E-state index contributed by atoms with van der Waals surface area (Å²) in [6.45, 7) is 8.66. The number of likely N-dealkylation sites (tertiary alicyclic amines) is 1. The van der Waals surface area contributed by atoms with Crippen molar-refractivity contribution in [3.8, 4) is 0 Å². The summed E-state index contributed by atoms with van der Waals surface area (Å²) in [5.41, 5.74) is 0.434. The molecule has 2 saturated heterocycles. The first-order valence-electron chi connectivity index (χ1n) is 9.85. The second-order valence-corrected chi connectivity index (χ2v) is 7.58. The van der Waals surface area contributed by atoms with Gasteiger partial charge in [-0.3, -0.25) is 4.79 Å². The van der Waals surface area contributed by atoms with Gasteiger partial charge in [0.15, 0.2) is 5.69 Å². The molecule has 1 unspecified atom stereocenters. The van der Waals surface area contributed by atoms with Crippen molar-refractivity contribution in [1.29, 1.82) is 0 Å². The van der Waals surface area contributed by atoms with Crippen LogP contribution >= 0.6 is 24.8 Å². The normalized spacial score (nSPS) is 21.1. The maximum absolute atomic E-state index is 12.2. The number of nitrogens with one attached hydrogen (secondary N) is 2. The van der Waals surface area contributed by atoms with Crippen LogP contribution in [0.25, 0.3) is 0 Å². The van der Waals surface area contributed by atoms with Crippen molar-refractivity contribution in [3.63, 3.8) is 0 Å². The van der Waals surface area contributed by atoms with Crippen LogP contribution in [0.1, 0.15) is 62.0 Å². The maximum Gasteiger partial charge on any atom is 0.273 e. The van der Waals surface area contributed by atoms with Crippen LogP contribution in [0.5, 0.6) is 0 Å². The molecular weight excluding hydrogens is 387 g/mol. The zero-order chi connectivity index (χ0) is 17.5. The zero-order valence-electron chi connectivity index (χ0n) is 16.2. The zero-order valence-corrected chi connectivity index (χ0v) is 17.9. The second kappa shape index (κ2) is 12.5. The number of nitrogens with zero attached hydrogens (tertiary/aromatic N) is 4. The minimum Gasteiger partial charge on any atom is -0.351 e. The van der Waals surface area contributed by atoms with Crippen molar-refractivity contribution in [2.24, 2.45) is 5.92 Å². The van der Waals surface area contributed by atoms with Crippen molar-refractivity contribution in [2.45, 2.75) is 51.5 Å². The van der Waals surface area contributed by atoms with Gasteiger partial charge in [0.05, 0.1) is 12.2 Å². The Morgan fingerprint density at radius 1 is 1.26 bits per heavy atom. The van der Waals surface area contributed by atoms with Gasteiger partial charge in [0.2, 0.25) is 0 Å². The molecule has 9 heteroatoms. The monoisotopic (exact) mass is 420 g/mol. The molecule has 156 valence electrons. The van der Waals surface area contributed by atoms with Gasteiger partial charge in [0.1, 0.15) is 0 Å². The van der Waals surface area contributed by atoms with E-state index in [1.54, 1.807) is 6.20 Å². The average molecular weight is 421 g/mol. The van der Waals surface area contributed by atoms with Crippen LogP contribution in [0, 0.1) is 5.92 Å². The lowest BCUT2D eigenvalue weighted by atomic mass is 10.0. The van der Waals surface area contributed by atoms with Crippen LogP contribution in [0.15, 0.2) is 6.20 Å². The van der Waals surface area contributed by atoms with E-state index in [1.165, 1.54) is 25.9 Å². The summed E-state index contributed by atoms with van der Waals surface area (Å²) in [6.07, 6.45) is 8.71. The molecule has 2 N–H and O–H groups in total. The van der Waals surface area contributed by atoms with Crippen molar-refractivity contribution >= 4 is 30.7 Å². The number of piperidine rings is 2. The molecule has 1 amide bonds. The summed E-state index contributed by atoms with van der Waals surface area (Å²) < 4.78 is 1.85. The van der Waals surface area contributed by atoms with Gasteiger partial charge in [0.25, 0.3) is 5.91 Å². The fourth-order valence-electron chi connectivity index (χ4n) is 3.87. The molecule has 3 heterocycles. The Hall–Kier alpha value is -0.890. The minimum atomic E-state index is -0.105. The fourth-order valence-corrected chi connectivity index (χ4v) is 3.87. The molecule has 0 bridgehead atoms. The quantitative estimate of drug-likeness (QED) is 0.661. The van der Waals surface area contributed by atoms with E-state index in [-0.39, 0.29) is 30.7 Å². The molecule has 0 saturated carbocycles. The third-order valence-corrected chi connectivity index (χ3v) is 5.35. The Balaban J connectivity index is 0.00000182. The number of rotatable bonds is 7. The molecular formula is C18H34Cl2N6O. The van der Waals surface area contributed by atoms with Gasteiger partial charge in [-0.25, -0.2) is 4.68 Å². The minimum absolute atomic E-state index is 0. The SMILES string of the molecule is CC1CCCN(CCCCNC(=O)c2cn(C3CCNCC3)nn2)C1.Cl.Cl. The van der Waals surface area contributed by atoms with Gasteiger partial charge in [-0.15, -0.1) is 29.9 Å². The molecule has 0 aromatic carbocycles. The van der Waals surface area contributed by atoms with Crippen molar-refractivity contribution in [2.75, 3.05) is 39.3 Å². The van der Waals surface area contributed by atoms with Crippen LogP contribution in [0.2, 0.25) is 0 Å². The maximum atomic E-state index is 12.2. The second-order valence-electron chi connectivity index (χ2n) is 7.58. The summed E-state index contributed by atoms with van der Waals surface area (Å²) in [5.74, 6) is 0.725. The van der Waals surface area contributed by atoms with Crippen LogP contribution < -0.4 is 10.6 Å². The summed E-state index contributed by atoms with van der Waals surface area (Å²) in [4.78, 5) is 14.8. The molecule has 1 aromatic heterocycles. The molecule has 7 nitrogen and oxygen atoms in total. The van der Waals surface area contributed by atoms with Crippen LogP contribution in [-0.2, 0) is 0 Å². The highest BCUT2D eigenvalue weighted by Gasteiger charge is 2.19. The standard InChI is InChI=1S/C18H32N6O.2ClH/c1-15-5-4-12-23(13-15)11-3-2-8-20-18(25)17-14-24(22-21-17)16-6-9-19-10-7-16;;/h14-16,19H,2-13H2,1H3,(H,20,25);2*1H. The molecule has 3 rings (SSSR count). The van der Waals surface area contributed by atoms with E-state index >= 15 is 0 Å². The third kappa shape index (κ3) is 7.56. The summed E-state index contributed by atoms with van der Waals surface area (Å²) >= 11 is 0. The van der Waals surface area contributed by atoms with E-state index in [4.69, 9.17) is 0 Å². The highest BCUT2D eigenvalue weighted by atomic mass is 35.5. The number of hydrogen-bond donors (Lipinski definition) is 2. The lowest BCUT2D eigenvalue weighted by Gasteiger charge is -2.30. The molecule has 0 aliphatic carbocycles. The molecule has 27 heavy (non-hydrogen) atoms. The molecule has 2 fully saturated rings. The Labute approximate surface area is 174 Å². The summed E-state index contributed by atoms with van der Waals surface area (Å²) in [5, 5.41) is 14.5. The first-order valence-corrected chi connectivity index (χ1v) is 9.85. The fraction of sp³-hybridized carbons (Fsp3) is 0.833. The Kier molecular flexibility index (Phi) is 11.2. The highest BCUT2D eigenvalue weighted by molar-refractivity contribution is 5.91. The predicted octanol–water partition coefficient (Wildman–Crippen LogP) is 2.29. The third-order valence-electron chi connectivity index (χ3n) is 5.35. The summed E-state index contributed by atoms with van der Waals surface area (Å²) in [6, 6.07) is 0.363. The van der Waals surface area contributed by atoms with Gasteiger partial charge in [0, 0.05) is 13.1 Å². The lowest BCUT2D eigenvalue weighted by molar-refractivity contribution is 0.0947. The van der Waals surface area contributed by atoms with E-state index in [0.29, 0.717) is 18.3 Å². The van der Waals surface area contributed by atoms with Gasteiger partial charge in [-0.2, -0.15) is 0 Å². The Morgan fingerprint density at radius 2 is 2.04 bits per heavy atom. The Morgan fingerprint density at radius 3 is 2.78 bits per heavy atom. The first kappa shape index (κ1) is 24.1. The van der Waals surface area contributed by atoms with Crippen molar-refractivity contribution in [1.82, 2.24) is 30.5 Å². The topological polar surface area (TPSA) is 75.1 Å². The number of unbranched alkanes of at least 4 members (excludes halogenated alkanes) is 1. The molecule has 2 aliphatic heterocycles. The highest BCUT2D eigenvalue weighted by Crippen LogP contribution is 2.17. The van der Waals surface area contributed by atoms with Crippen molar-refractivity contribution < 1.29 is 4.79 Å². The first-order chi connectivity index (χ1) is 12.2. The number of amides is 1. The molecule has 1 atom stereocenters. The largest absolute Gasteiger partial charge is 0.351 e. The Bertz CT molecular complexity index is 550. The smallest absolute Gasteiger partial charge is 0.273 e. The lowest BCUT2D eigenvalue weighted by Crippen LogP contribution is -2.35. The van der Waals surface area contributed by atoms with Crippen LogP contribution in [0.4, 0.5) is 0 Å². The van der Waals surface area contributed by atoms with Gasteiger partial charge in [-0.1, -0.05) is 12.1 Å². The number of aromatic nitrogens is 3. The van der Waals surface area contributed by atoms with Gasteiger partial charge < -0.3 is 15.5 Å². The van der Waals surface area contributed by atoms with Gasteiger partial charge >= 0.3 is 0 Å². The van der Waals surface area contributed by atoms with Crippen LogP contribution in [-0.4, -0.2) is 65.1 Å². The van der Waals surface area contributed by atoms with Gasteiger partial charge in [-0.05, 0) is 70.6 Å². The molecule has 1 aromatic rings. The predicted molar refractivity (Wildman–Crippen MR) is 112 cm³/mol.